The monoisotopic (exact) mass is 458 g/mol. The zero-order valence-electron chi connectivity index (χ0n) is 18.5. The minimum absolute atomic E-state index is 0.0450. The van der Waals surface area contributed by atoms with Crippen LogP contribution in [0.5, 0.6) is 0 Å². The first-order valence-corrected chi connectivity index (χ1v) is 9.99. The van der Waals surface area contributed by atoms with Crippen molar-refractivity contribution in [1.82, 2.24) is 16.0 Å². The third-order valence-corrected chi connectivity index (χ3v) is 4.26. The van der Waals surface area contributed by atoms with Crippen molar-refractivity contribution in [2.24, 2.45) is 33.8 Å². The molecule has 0 aliphatic heterocycles. The predicted octanol–water partition coefficient (Wildman–Crippen LogP) is -3.54. The molecule has 0 aliphatic rings. The van der Waals surface area contributed by atoms with Gasteiger partial charge in [-0.25, -0.2) is 4.79 Å². The van der Waals surface area contributed by atoms with Crippen molar-refractivity contribution in [2.45, 2.75) is 64.2 Å². The van der Waals surface area contributed by atoms with Gasteiger partial charge in [-0.1, -0.05) is 13.8 Å². The average molecular weight is 459 g/mol. The summed E-state index contributed by atoms with van der Waals surface area (Å²) in [6.45, 7) is 4.75. The van der Waals surface area contributed by atoms with E-state index in [0.717, 1.165) is 0 Å². The van der Waals surface area contributed by atoms with E-state index in [1.165, 1.54) is 6.92 Å². The van der Waals surface area contributed by atoms with E-state index < -0.39 is 66.1 Å². The molecule has 0 aromatic heterocycles. The van der Waals surface area contributed by atoms with Crippen LogP contribution in [0, 0.1) is 5.92 Å². The molecule has 0 fully saturated rings. The number of rotatable bonds is 14. The highest BCUT2D eigenvalue weighted by Gasteiger charge is 2.31. The van der Waals surface area contributed by atoms with Gasteiger partial charge in [0.05, 0.1) is 12.5 Å². The first-order valence-electron chi connectivity index (χ1n) is 9.99. The van der Waals surface area contributed by atoms with Gasteiger partial charge in [0.25, 0.3) is 0 Å². The van der Waals surface area contributed by atoms with Crippen LogP contribution in [0.2, 0.25) is 0 Å². The van der Waals surface area contributed by atoms with Crippen LogP contribution in [0.15, 0.2) is 4.99 Å². The number of carboxylic acids is 1. The molecular formula is C18H34N8O6. The van der Waals surface area contributed by atoms with Gasteiger partial charge in [-0.05, 0) is 25.7 Å². The minimum atomic E-state index is -1.38. The Labute approximate surface area is 185 Å². The molecule has 0 aromatic rings. The van der Waals surface area contributed by atoms with E-state index in [4.69, 9.17) is 22.9 Å². The number of primary amides is 1. The Balaban J connectivity index is 5.55. The van der Waals surface area contributed by atoms with Crippen molar-refractivity contribution >= 4 is 35.6 Å². The van der Waals surface area contributed by atoms with Gasteiger partial charge in [0.15, 0.2) is 5.96 Å². The summed E-state index contributed by atoms with van der Waals surface area (Å²) in [6.07, 6.45) is -0.220. The molecule has 0 aromatic carbocycles. The maximum absolute atomic E-state index is 12.7. The molecule has 0 spiro atoms. The van der Waals surface area contributed by atoms with E-state index in [0.29, 0.717) is 0 Å². The summed E-state index contributed by atoms with van der Waals surface area (Å²) >= 11 is 0. The lowest BCUT2D eigenvalue weighted by Crippen LogP contribution is -2.58. The fourth-order valence-corrected chi connectivity index (χ4v) is 2.53. The highest BCUT2D eigenvalue weighted by atomic mass is 16.4. The molecule has 0 saturated carbocycles. The summed E-state index contributed by atoms with van der Waals surface area (Å²) < 4.78 is 0. The summed E-state index contributed by atoms with van der Waals surface area (Å²) in [4.78, 5) is 63.8. The number of carboxylic acid groups (broad SMARTS) is 1. The maximum atomic E-state index is 12.7. The summed E-state index contributed by atoms with van der Waals surface area (Å²) in [5.74, 6) is -5.02. The topological polar surface area (TPSA) is 258 Å². The Kier molecular flexibility index (Phi) is 12.3. The van der Waals surface area contributed by atoms with Crippen LogP contribution in [0.1, 0.15) is 40.0 Å². The molecule has 0 bridgehead atoms. The number of carbonyl (C=O) groups is 5. The van der Waals surface area contributed by atoms with Crippen LogP contribution in [-0.2, 0) is 24.0 Å². The second-order valence-electron chi connectivity index (χ2n) is 7.60. The molecule has 0 aliphatic carbocycles. The number of nitrogens with two attached hydrogens (primary N) is 4. The Morgan fingerprint density at radius 2 is 1.41 bits per heavy atom. The van der Waals surface area contributed by atoms with Crippen molar-refractivity contribution in [3.8, 4) is 0 Å². The number of amides is 4. The van der Waals surface area contributed by atoms with Crippen molar-refractivity contribution in [2.75, 3.05) is 6.54 Å². The predicted molar refractivity (Wildman–Crippen MR) is 116 cm³/mol. The molecule has 4 atom stereocenters. The number of aliphatic imine (C=N–C) groups is 1. The molecule has 4 unspecified atom stereocenters. The number of carbonyl (C=O) groups excluding carboxylic acids is 4. The van der Waals surface area contributed by atoms with Crippen molar-refractivity contribution in [1.29, 1.82) is 0 Å². The number of hydrogen-bond donors (Lipinski definition) is 8. The zero-order chi connectivity index (χ0) is 25.0. The van der Waals surface area contributed by atoms with Gasteiger partial charge < -0.3 is 44.0 Å². The quantitative estimate of drug-likeness (QED) is 0.0726. The Bertz CT molecular complexity index is 720. The number of guanidine groups is 1. The van der Waals surface area contributed by atoms with Crippen molar-refractivity contribution in [3.63, 3.8) is 0 Å². The lowest BCUT2D eigenvalue weighted by molar-refractivity contribution is -0.143. The van der Waals surface area contributed by atoms with E-state index in [-0.39, 0.29) is 25.3 Å². The Hall–Kier alpha value is -3.42. The van der Waals surface area contributed by atoms with Gasteiger partial charge >= 0.3 is 5.97 Å². The molecule has 0 rings (SSSR count). The molecule has 182 valence electrons. The van der Waals surface area contributed by atoms with E-state index in [2.05, 4.69) is 20.9 Å². The zero-order valence-corrected chi connectivity index (χ0v) is 18.5. The second kappa shape index (κ2) is 13.8. The van der Waals surface area contributed by atoms with Crippen LogP contribution in [0.25, 0.3) is 0 Å². The van der Waals surface area contributed by atoms with Gasteiger partial charge in [0.2, 0.25) is 23.6 Å². The van der Waals surface area contributed by atoms with Crippen LogP contribution in [-0.4, -0.2) is 71.4 Å². The number of nitrogens with zero attached hydrogens (tertiary/aromatic N) is 1. The molecular weight excluding hydrogens is 424 g/mol. The van der Waals surface area contributed by atoms with E-state index in [9.17, 15) is 29.1 Å². The number of nitrogens with one attached hydrogen (secondary N) is 3. The number of hydrogen-bond acceptors (Lipinski definition) is 7. The summed E-state index contributed by atoms with van der Waals surface area (Å²) in [5.41, 5.74) is 21.1. The van der Waals surface area contributed by atoms with Gasteiger partial charge in [-0.15, -0.1) is 0 Å². The van der Waals surface area contributed by atoms with Crippen molar-refractivity contribution in [3.05, 3.63) is 0 Å². The smallest absolute Gasteiger partial charge is 0.326 e. The van der Waals surface area contributed by atoms with Crippen LogP contribution in [0.4, 0.5) is 0 Å². The average Bonchev–Trinajstić information content (AvgIpc) is 2.66. The minimum Gasteiger partial charge on any atom is -0.480 e. The molecule has 14 heteroatoms. The van der Waals surface area contributed by atoms with Gasteiger partial charge in [-0.3, -0.25) is 24.2 Å². The molecule has 0 radical (unpaired) electrons. The Morgan fingerprint density at radius 1 is 0.875 bits per heavy atom. The van der Waals surface area contributed by atoms with Crippen LogP contribution < -0.4 is 38.9 Å². The molecule has 32 heavy (non-hydrogen) atoms. The lowest BCUT2D eigenvalue weighted by Gasteiger charge is -2.25. The molecule has 12 N–H and O–H groups in total. The fraction of sp³-hybridized carbons (Fsp3) is 0.667. The van der Waals surface area contributed by atoms with Crippen LogP contribution >= 0.6 is 0 Å². The lowest BCUT2D eigenvalue weighted by atomic mass is 10.0. The molecule has 0 heterocycles. The SMILES string of the molecule is CC(N)C(=O)NC(CC(N)=O)C(=O)NC(CCCN=C(N)N)C(=O)NC(C(=O)O)C(C)C. The van der Waals surface area contributed by atoms with E-state index in [1.807, 2.05) is 0 Å². The van der Waals surface area contributed by atoms with Gasteiger partial charge in [0.1, 0.15) is 18.1 Å². The fourth-order valence-electron chi connectivity index (χ4n) is 2.53. The standard InChI is InChI=1S/C18H34N8O6/c1-8(2)13(17(31)32)26-15(29)10(5-4-6-23-18(21)22)24-16(30)11(7-12(20)27)25-14(28)9(3)19/h8-11,13H,4-7,19H2,1-3H3,(H2,20,27)(H,24,30)(H,25,28)(H,26,29)(H,31,32)(H4,21,22,23). The Morgan fingerprint density at radius 3 is 1.84 bits per heavy atom. The maximum Gasteiger partial charge on any atom is 0.326 e. The summed E-state index contributed by atoms with van der Waals surface area (Å²) in [6, 6.07) is -4.72. The van der Waals surface area contributed by atoms with E-state index >= 15 is 0 Å². The number of aliphatic carboxylic acids is 1. The second-order valence-corrected chi connectivity index (χ2v) is 7.60. The largest absolute Gasteiger partial charge is 0.480 e. The van der Waals surface area contributed by atoms with E-state index in [1.54, 1.807) is 13.8 Å². The molecule has 4 amide bonds. The first-order chi connectivity index (χ1) is 14.8. The summed E-state index contributed by atoms with van der Waals surface area (Å²) in [5, 5.41) is 16.4. The van der Waals surface area contributed by atoms with Crippen LogP contribution in [0.3, 0.4) is 0 Å². The highest BCUT2D eigenvalue weighted by Crippen LogP contribution is 2.06. The molecule has 14 nitrogen and oxygen atoms in total. The van der Waals surface area contributed by atoms with Crippen molar-refractivity contribution < 1.29 is 29.1 Å². The normalized spacial score (nSPS) is 14.4. The first kappa shape index (κ1) is 28.6. The summed E-state index contributed by atoms with van der Waals surface area (Å²) in [7, 11) is 0. The van der Waals surface area contributed by atoms with Gasteiger partial charge in [-0.2, -0.15) is 0 Å². The molecule has 0 saturated heterocycles. The third kappa shape index (κ3) is 11.1. The third-order valence-electron chi connectivity index (χ3n) is 4.26. The van der Waals surface area contributed by atoms with Gasteiger partial charge in [0, 0.05) is 6.54 Å². The highest BCUT2D eigenvalue weighted by molar-refractivity contribution is 5.96.